The molecule has 18 heavy (non-hydrogen) atoms. The summed E-state index contributed by atoms with van der Waals surface area (Å²) in [6.07, 6.45) is 1.77. The summed E-state index contributed by atoms with van der Waals surface area (Å²) in [7, 11) is 1.90. The molecule has 0 radical (unpaired) electrons. The van der Waals surface area contributed by atoms with Gasteiger partial charge in [-0.25, -0.2) is 5.43 Å². The molecule has 0 aliphatic carbocycles. The highest BCUT2D eigenvalue weighted by atomic mass is 79.9. The van der Waals surface area contributed by atoms with Crippen LogP contribution in [0.1, 0.15) is 22.9 Å². The Morgan fingerprint density at radius 2 is 2.11 bits per heavy atom. The van der Waals surface area contributed by atoms with Crippen molar-refractivity contribution in [2.45, 2.75) is 13.0 Å². The lowest BCUT2D eigenvalue weighted by Gasteiger charge is -2.19. The van der Waals surface area contributed by atoms with Crippen LogP contribution in [0.15, 0.2) is 33.3 Å². The molecule has 1 heterocycles. The maximum Gasteiger partial charge on any atom is 0.0892 e. The normalized spacial score (nSPS) is 12.7. The molecule has 2 aromatic rings. The molecule has 1 atom stereocenters. The van der Waals surface area contributed by atoms with Gasteiger partial charge >= 0.3 is 0 Å². The summed E-state index contributed by atoms with van der Waals surface area (Å²) in [6, 6.07) is 6.05. The van der Waals surface area contributed by atoms with E-state index in [1.807, 2.05) is 17.8 Å². The second-order valence-electron chi connectivity index (χ2n) is 4.10. The van der Waals surface area contributed by atoms with Gasteiger partial charge in [0, 0.05) is 11.5 Å². The van der Waals surface area contributed by atoms with Crippen LogP contribution in [-0.4, -0.2) is 9.78 Å². The first-order valence-corrected chi connectivity index (χ1v) is 7.02. The van der Waals surface area contributed by atoms with Gasteiger partial charge in [-0.3, -0.25) is 10.5 Å². The fourth-order valence-electron chi connectivity index (χ4n) is 2.02. The van der Waals surface area contributed by atoms with E-state index >= 15 is 0 Å². The molecule has 96 valence electrons. The van der Waals surface area contributed by atoms with Gasteiger partial charge in [-0.15, -0.1) is 0 Å². The lowest BCUT2D eigenvalue weighted by molar-refractivity contribution is 0.571. The van der Waals surface area contributed by atoms with Crippen molar-refractivity contribution < 1.29 is 0 Å². The number of hydrazine groups is 1. The van der Waals surface area contributed by atoms with Gasteiger partial charge in [0.1, 0.15) is 0 Å². The third-order valence-electron chi connectivity index (χ3n) is 2.92. The van der Waals surface area contributed by atoms with Gasteiger partial charge in [0.2, 0.25) is 0 Å². The number of halogens is 2. The van der Waals surface area contributed by atoms with Crippen LogP contribution in [0.25, 0.3) is 0 Å². The second kappa shape index (κ2) is 5.52. The Bertz CT molecular complexity index is 546. The van der Waals surface area contributed by atoms with E-state index in [4.69, 9.17) is 5.84 Å². The topological polar surface area (TPSA) is 55.9 Å². The zero-order valence-corrected chi connectivity index (χ0v) is 13.3. The molecule has 0 saturated carbocycles. The van der Waals surface area contributed by atoms with Crippen molar-refractivity contribution in [3.05, 3.63) is 50.2 Å². The first kappa shape index (κ1) is 13.7. The van der Waals surface area contributed by atoms with Gasteiger partial charge in [-0.1, -0.05) is 22.0 Å². The molecule has 3 N–H and O–H groups in total. The lowest BCUT2D eigenvalue weighted by Crippen LogP contribution is -2.31. The van der Waals surface area contributed by atoms with E-state index in [2.05, 4.69) is 61.4 Å². The van der Waals surface area contributed by atoms with Gasteiger partial charge in [-0.05, 0) is 46.1 Å². The van der Waals surface area contributed by atoms with Crippen molar-refractivity contribution in [2.75, 3.05) is 0 Å². The number of nitrogens with zero attached hydrogens (tertiary/aromatic N) is 2. The summed E-state index contributed by atoms with van der Waals surface area (Å²) < 4.78 is 3.81. The van der Waals surface area contributed by atoms with Crippen LogP contribution in [0, 0.1) is 6.92 Å². The molecule has 0 fully saturated rings. The minimum atomic E-state index is -0.0972. The maximum atomic E-state index is 5.72. The number of nitrogens with one attached hydrogen (secondary N) is 1. The predicted octanol–water partition coefficient (Wildman–Crippen LogP) is 2.81. The minimum absolute atomic E-state index is 0.0972. The van der Waals surface area contributed by atoms with Crippen LogP contribution < -0.4 is 11.3 Å². The molecule has 0 amide bonds. The summed E-state index contributed by atoms with van der Waals surface area (Å²) in [6.45, 7) is 2.06. The van der Waals surface area contributed by atoms with Crippen molar-refractivity contribution in [1.29, 1.82) is 0 Å². The van der Waals surface area contributed by atoms with Crippen molar-refractivity contribution >= 4 is 31.9 Å². The monoisotopic (exact) mass is 372 g/mol. The first-order valence-electron chi connectivity index (χ1n) is 5.44. The average Bonchev–Trinajstić information content (AvgIpc) is 2.64. The van der Waals surface area contributed by atoms with Gasteiger partial charge < -0.3 is 0 Å². The Balaban J connectivity index is 2.52. The predicted molar refractivity (Wildman–Crippen MR) is 79.0 cm³/mol. The molecule has 1 unspecified atom stereocenters. The average molecular weight is 374 g/mol. The fourth-order valence-corrected chi connectivity index (χ4v) is 3.08. The van der Waals surface area contributed by atoms with Gasteiger partial charge in [-0.2, -0.15) is 5.10 Å². The van der Waals surface area contributed by atoms with Gasteiger partial charge in [0.25, 0.3) is 0 Å². The van der Waals surface area contributed by atoms with E-state index in [-0.39, 0.29) is 6.04 Å². The van der Waals surface area contributed by atoms with Crippen LogP contribution in [-0.2, 0) is 7.05 Å². The molecule has 0 aliphatic heterocycles. The highest BCUT2D eigenvalue weighted by molar-refractivity contribution is 9.10. The van der Waals surface area contributed by atoms with E-state index in [1.165, 1.54) is 5.56 Å². The number of nitrogens with two attached hydrogens (primary N) is 1. The SMILES string of the molecule is Cc1cc(Br)ccc1C(NN)c1c(Br)cnn1C. The van der Waals surface area contributed by atoms with Crippen LogP contribution in [0.5, 0.6) is 0 Å². The summed E-state index contributed by atoms with van der Waals surface area (Å²) in [4.78, 5) is 0. The standard InChI is InChI=1S/C12H14Br2N4/c1-7-5-8(13)3-4-9(7)11(17-15)12-10(14)6-16-18(12)2/h3-6,11,17H,15H2,1-2H3. The van der Waals surface area contributed by atoms with Gasteiger partial charge in [0.05, 0.1) is 22.4 Å². The third kappa shape index (κ3) is 2.51. The summed E-state index contributed by atoms with van der Waals surface area (Å²) >= 11 is 6.97. The molecule has 6 heteroatoms. The van der Waals surface area contributed by atoms with E-state index in [1.54, 1.807) is 6.20 Å². The number of hydrogen-bond donors (Lipinski definition) is 2. The fraction of sp³-hybridized carbons (Fsp3) is 0.250. The molecule has 2 rings (SSSR count). The van der Waals surface area contributed by atoms with E-state index < -0.39 is 0 Å². The van der Waals surface area contributed by atoms with E-state index in [0.717, 1.165) is 20.2 Å². The Kier molecular flexibility index (Phi) is 4.21. The van der Waals surface area contributed by atoms with Crippen LogP contribution in [0.2, 0.25) is 0 Å². The number of hydrogen-bond acceptors (Lipinski definition) is 3. The van der Waals surface area contributed by atoms with Crippen molar-refractivity contribution in [1.82, 2.24) is 15.2 Å². The highest BCUT2D eigenvalue weighted by Gasteiger charge is 2.21. The number of aryl methyl sites for hydroxylation is 2. The zero-order valence-electron chi connectivity index (χ0n) is 10.1. The van der Waals surface area contributed by atoms with Crippen molar-refractivity contribution in [3.8, 4) is 0 Å². The summed E-state index contributed by atoms with van der Waals surface area (Å²) in [5.41, 5.74) is 6.16. The van der Waals surface area contributed by atoms with Crippen LogP contribution in [0.4, 0.5) is 0 Å². The molecule has 0 aliphatic rings. The van der Waals surface area contributed by atoms with Crippen molar-refractivity contribution in [2.24, 2.45) is 12.9 Å². The van der Waals surface area contributed by atoms with Gasteiger partial charge in [0.15, 0.2) is 0 Å². The molecule has 0 bridgehead atoms. The zero-order chi connectivity index (χ0) is 13.3. The third-order valence-corrected chi connectivity index (χ3v) is 4.02. The molecule has 1 aromatic carbocycles. The molecule has 1 aromatic heterocycles. The second-order valence-corrected chi connectivity index (χ2v) is 5.87. The van der Waals surface area contributed by atoms with E-state index in [0.29, 0.717) is 0 Å². The molecule has 0 saturated heterocycles. The van der Waals surface area contributed by atoms with Crippen LogP contribution in [0.3, 0.4) is 0 Å². The first-order chi connectivity index (χ1) is 8.54. The largest absolute Gasteiger partial charge is 0.271 e. The summed E-state index contributed by atoms with van der Waals surface area (Å²) in [5.74, 6) is 5.72. The Morgan fingerprint density at radius 3 is 2.61 bits per heavy atom. The summed E-state index contributed by atoms with van der Waals surface area (Å²) in [5, 5.41) is 4.22. The highest BCUT2D eigenvalue weighted by Crippen LogP contribution is 2.30. The Hall–Kier alpha value is -0.690. The quantitative estimate of drug-likeness (QED) is 0.642. The molecule has 0 spiro atoms. The lowest BCUT2D eigenvalue weighted by atomic mass is 9.99. The Labute approximate surface area is 123 Å². The Morgan fingerprint density at radius 1 is 1.39 bits per heavy atom. The number of benzene rings is 1. The van der Waals surface area contributed by atoms with Crippen LogP contribution >= 0.6 is 31.9 Å². The van der Waals surface area contributed by atoms with Crippen molar-refractivity contribution in [3.63, 3.8) is 0 Å². The smallest absolute Gasteiger partial charge is 0.0892 e. The minimum Gasteiger partial charge on any atom is -0.271 e. The number of rotatable bonds is 3. The van der Waals surface area contributed by atoms with E-state index in [9.17, 15) is 0 Å². The molecular weight excluding hydrogens is 360 g/mol. The molecule has 4 nitrogen and oxygen atoms in total. The number of aromatic nitrogens is 2. The maximum absolute atomic E-state index is 5.72. The molecular formula is C12H14Br2N4.